The summed E-state index contributed by atoms with van der Waals surface area (Å²) >= 11 is 0. The van der Waals surface area contributed by atoms with E-state index in [-0.39, 0.29) is 5.41 Å². The van der Waals surface area contributed by atoms with Gasteiger partial charge in [0.15, 0.2) is 0 Å². The van der Waals surface area contributed by atoms with Gasteiger partial charge in [0.1, 0.15) is 0 Å². The predicted molar refractivity (Wildman–Crippen MR) is 88.6 cm³/mol. The maximum Gasteiger partial charge on any atom is -0.00324 e. The van der Waals surface area contributed by atoms with Crippen molar-refractivity contribution in [1.82, 2.24) is 0 Å². The molecule has 0 fully saturated rings. The summed E-state index contributed by atoms with van der Waals surface area (Å²) in [4.78, 5) is 0. The zero-order valence-corrected chi connectivity index (χ0v) is 12.2. The Morgan fingerprint density at radius 1 is 0.800 bits per heavy atom. The maximum absolute atomic E-state index is 2.37. The van der Waals surface area contributed by atoms with Crippen LogP contribution in [0.3, 0.4) is 0 Å². The quantitative estimate of drug-likeness (QED) is 0.536. The summed E-state index contributed by atoms with van der Waals surface area (Å²) in [5.74, 6) is 0. The fraction of sp³-hybridized carbons (Fsp3) is 0.200. The first-order valence-corrected chi connectivity index (χ1v) is 7.22. The van der Waals surface area contributed by atoms with E-state index in [1.54, 1.807) is 0 Å². The molecule has 1 aliphatic rings. The molecule has 0 spiro atoms. The Morgan fingerprint density at radius 2 is 1.50 bits per heavy atom. The molecule has 98 valence electrons. The third-order valence-electron chi connectivity index (χ3n) is 4.33. The molecule has 0 radical (unpaired) electrons. The van der Waals surface area contributed by atoms with Gasteiger partial charge in [-0.25, -0.2) is 0 Å². The van der Waals surface area contributed by atoms with Crippen LogP contribution in [0.5, 0.6) is 0 Å². The SMILES string of the molecule is CC(C)(C)C1=Cc2cc3cccc4cccc(c2=C1)c43. The lowest BCUT2D eigenvalue weighted by molar-refractivity contribution is 0.527. The van der Waals surface area contributed by atoms with Crippen LogP contribution < -0.4 is 5.22 Å². The highest BCUT2D eigenvalue weighted by Gasteiger charge is 2.19. The van der Waals surface area contributed by atoms with E-state index in [1.807, 2.05) is 0 Å². The van der Waals surface area contributed by atoms with Crippen LogP contribution >= 0.6 is 0 Å². The zero-order valence-electron chi connectivity index (χ0n) is 12.2. The molecule has 0 aromatic heterocycles. The summed E-state index contributed by atoms with van der Waals surface area (Å²) in [6.07, 6.45) is 4.72. The first-order valence-electron chi connectivity index (χ1n) is 7.22. The van der Waals surface area contributed by atoms with Gasteiger partial charge in [-0.15, -0.1) is 0 Å². The minimum Gasteiger partial charge on any atom is -0.0610 e. The van der Waals surface area contributed by atoms with Gasteiger partial charge in [-0.3, -0.25) is 0 Å². The van der Waals surface area contributed by atoms with Crippen LogP contribution in [0.2, 0.25) is 0 Å². The number of allylic oxidation sites excluding steroid dienone is 1. The van der Waals surface area contributed by atoms with E-state index < -0.39 is 0 Å². The molecule has 0 amide bonds. The molecule has 3 aromatic carbocycles. The molecule has 0 saturated carbocycles. The lowest BCUT2D eigenvalue weighted by Crippen LogP contribution is -2.07. The van der Waals surface area contributed by atoms with Crippen molar-refractivity contribution in [3.8, 4) is 0 Å². The van der Waals surface area contributed by atoms with Gasteiger partial charge in [-0.2, -0.15) is 0 Å². The van der Waals surface area contributed by atoms with Gasteiger partial charge in [0.05, 0.1) is 0 Å². The van der Waals surface area contributed by atoms with Crippen LogP contribution in [0, 0.1) is 5.41 Å². The Bertz CT molecular complexity index is 913. The van der Waals surface area contributed by atoms with Crippen LogP contribution in [-0.4, -0.2) is 0 Å². The van der Waals surface area contributed by atoms with Gasteiger partial charge in [0.25, 0.3) is 0 Å². The summed E-state index contributed by atoms with van der Waals surface area (Å²) < 4.78 is 0. The number of benzene rings is 3. The van der Waals surface area contributed by atoms with Crippen molar-refractivity contribution in [3.05, 3.63) is 58.8 Å². The van der Waals surface area contributed by atoms with Gasteiger partial charge >= 0.3 is 0 Å². The third kappa shape index (κ3) is 1.54. The average molecular weight is 258 g/mol. The summed E-state index contributed by atoms with van der Waals surface area (Å²) in [6.45, 7) is 6.84. The van der Waals surface area contributed by atoms with Crippen LogP contribution in [0.15, 0.2) is 48.0 Å². The van der Waals surface area contributed by atoms with Crippen LogP contribution in [-0.2, 0) is 0 Å². The molecule has 0 heterocycles. The van der Waals surface area contributed by atoms with E-state index >= 15 is 0 Å². The van der Waals surface area contributed by atoms with Gasteiger partial charge in [0.2, 0.25) is 0 Å². The molecule has 0 bridgehead atoms. The molecule has 0 N–H and O–H groups in total. The van der Waals surface area contributed by atoms with Gasteiger partial charge in [-0.1, -0.05) is 63.2 Å². The van der Waals surface area contributed by atoms with Crippen molar-refractivity contribution in [2.75, 3.05) is 0 Å². The van der Waals surface area contributed by atoms with E-state index in [9.17, 15) is 0 Å². The fourth-order valence-corrected chi connectivity index (χ4v) is 3.19. The standard InChI is InChI=1S/C20H18/c1-20(2,3)16-11-15-10-14-8-4-6-13-7-5-9-17(19(13)14)18(15)12-16/h4-12H,1-3H3. The topological polar surface area (TPSA) is 0 Å². The summed E-state index contributed by atoms with van der Waals surface area (Å²) in [5, 5.41) is 6.84. The minimum absolute atomic E-state index is 0.200. The average Bonchev–Trinajstić information content (AvgIpc) is 2.83. The maximum atomic E-state index is 2.37. The van der Waals surface area contributed by atoms with Gasteiger partial charge in [0, 0.05) is 0 Å². The predicted octanol–water partition coefficient (Wildman–Crippen LogP) is 4.94. The zero-order chi connectivity index (χ0) is 13.9. The largest absolute Gasteiger partial charge is 0.0610 e. The second-order valence-electron chi connectivity index (χ2n) is 6.76. The number of rotatable bonds is 0. The minimum atomic E-state index is 0.200. The highest BCUT2D eigenvalue weighted by Crippen LogP contribution is 2.33. The second kappa shape index (κ2) is 3.73. The van der Waals surface area contributed by atoms with Crippen LogP contribution in [0.25, 0.3) is 33.7 Å². The Kier molecular flexibility index (Phi) is 2.18. The summed E-state index contributed by atoms with van der Waals surface area (Å²) in [6, 6.07) is 15.5. The molecule has 1 aliphatic carbocycles. The Morgan fingerprint density at radius 3 is 2.25 bits per heavy atom. The van der Waals surface area contributed by atoms with Gasteiger partial charge < -0.3 is 0 Å². The monoisotopic (exact) mass is 258 g/mol. The molecule has 20 heavy (non-hydrogen) atoms. The molecule has 0 aliphatic heterocycles. The Hall–Kier alpha value is -2.08. The van der Waals surface area contributed by atoms with Crippen molar-refractivity contribution in [2.24, 2.45) is 5.41 Å². The third-order valence-corrected chi connectivity index (χ3v) is 4.33. The van der Waals surface area contributed by atoms with Crippen molar-refractivity contribution in [1.29, 1.82) is 0 Å². The molecule has 4 rings (SSSR count). The number of fused-ring (bicyclic) bond motifs is 2. The Labute approximate surface area is 119 Å². The lowest BCUT2D eigenvalue weighted by Gasteiger charge is -2.18. The summed E-state index contributed by atoms with van der Waals surface area (Å²) in [5.41, 5.74) is 2.98. The molecular formula is C20H18. The number of hydrogen-bond acceptors (Lipinski definition) is 0. The molecule has 0 nitrogen and oxygen atoms in total. The highest BCUT2D eigenvalue weighted by atomic mass is 14.2. The lowest BCUT2D eigenvalue weighted by atomic mass is 9.87. The Balaban J connectivity index is 2.17. The highest BCUT2D eigenvalue weighted by molar-refractivity contribution is 6.12. The van der Waals surface area contributed by atoms with E-state index in [1.165, 1.54) is 37.9 Å². The first-order chi connectivity index (χ1) is 9.54. The van der Waals surface area contributed by atoms with Crippen molar-refractivity contribution < 1.29 is 0 Å². The van der Waals surface area contributed by atoms with E-state index in [4.69, 9.17) is 0 Å². The van der Waals surface area contributed by atoms with E-state index in [0.29, 0.717) is 0 Å². The molecule has 0 heteroatoms. The fourth-order valence-electron chi connectivity index (χ4n) is 3.19. The first kappa shape index (κ1) is 11.7. The summed E-state index contributed by atoms with van der Waals surface area (Å²) in [7, 11) is 0. The molecule has 0 atom stereocenters. The van der Waals surface area contributed by atoms with Crippen molar-refractivity contribution >= 4 is 33.7 Å². The number of hydrogen-bond donors (Lipinski definition) is 0. The smallest absolute Gasteiger partial charge is 0.00324 e. The molecular weight excluding hydrogens is 240 g/mol. The van der Waals surface area contributed by atoms with Crippen LogP contribution in [0.1, 0.15) is 26.3 Å². The van der Waals surface area contributed by atoms with Gasteiger partial charge in [-0.05, 0) is 55.5 Å². The van der Waals surface area contributed by atoms with Crippen molar-refractivity contribution in [3.63, 3.8) is 0 Å². The molecule has 0 unspecified atom stereocenters. The molecule has 3 aromatic rings. The normalized spacial score (nSPS) is 14.4. The molecule has 0 saturated heterocycles. The second-order valence-corrected chi connectivity index (χ2v) is 6.76. The van der Waals surface area contributed by atoms with E-state index in [0.717, 1.165) is 0 Å². The van der Waals surface area contributed by atoms with Crippen LogP contribution in [0.4, 0.5) is 0 Å². The van der Waals surface area contributed by atoms with Crippen molar-refractivity contribution in [2.45, 2.75) is 20.8 Å². The van der Waals surface area contributed by atoms with E-state index in [2.05, 4.69) is 75.4 Å².